The third kappa shape index (κ3) is 4.13. The minimum Gasteiger partial charge on any atom is -0.344 e. The van der Waals surface area contributed by atoms with Crippen molar-refractivity contribution in [2.75, 3.05) is 6.54 Å². The summed E-state index contributed by atoms with van der Waals surface area (Å²) in [6.45, 7) is 2.20. The molecule has 3 atom stereocenters. The second-order valence-corrected chi connectivity index (χ2v) is 8.98. The van der Waals surface area contributed by atoms with Crippen molar-refractivity contribution in [3.8, 4) is 0 Å². The van der Waals surface area contributed by atoms with Crippen molar-refractivity contribution in [1.29, 1.82) is 0 Å². The second kappa shape index (κ2) is 8.49. The van der Waals surface area contributed by atoms with E-state index in [1.54, 1.807) is 11.3 Å². The lowest BCUT2D eigenvalue weighted by Gasteiger charge is -2.20. The third-order valence-electron chi connectivity index (χ3n) is 6.04. The van der Waals surface area contributed by atoms with E-state index < -0.39 is 0 Å². The number of amides is 3. The molecule has 152 valence electrons. The van der Waals surface area contributed by atoms with Crippen molar-refractivity contribution < 1.29 is 14.4 Å². The van der Waals surface area contributed by atoms with Gasteiger partial charge in [0.15, 0.2) is 0 Å². The number of hydrogen-bond acceptors (Lipinski definition) is 4. The molecule has 0 bridgehead atoms. The maximum Gasteiger partial charge on any atom is 0.233 e. The molecule has 1 aliphatic heterocycles. The van der Waals surface area contributed by atoms with Gasteiger partial charge in [0.05, 0.1) is 17.9 Å². The number of rotatable bonds is 6. The van der Waals surface area contributed by atoms with Crippen LogP contribution in [0.5, 0.6) is 0 Å². The van der Waals surface area contributed by atoms with Gasteiger partial charge < -0.3 is 5.32 Å². The van der Waals surface area contributed by atoms with Gasteiger partial charge in [0.1, 0.15) is 0 Å². The first-order chi connectivity index (χ1) is 14.0. The number of carbonyl (C=O) groups excluding carboxylic acids is 3. The minimum atomic E-state index is -0.226. The van der Waals surface area contributed by atoms with Gasteiger partial charge in [-0.15, -0.1) is 11.3 Å². The molecule has 2 fully saturated rings. The van der Waals surface area contributed by atoms with Crippen LogP contribution >= 0.6 is 11.3 Å². The number of carbonyl (C=O) groups is 3. The molecule has 1 N–H and O–H groups in total. The molecule has 0 spiro atoms. The van der Waals surface area contributed by atoms with Gasteiger partial charge in [0, 0.05) is 17.8 Å². The Hall–Kier alpha value is -2.47. The molecule has 0 unspecified atom stereocenters. The summed E-state index contributed by atoms with van der Waals surface area (Å²) >= 11 is 1.60. The van der Waals surface area contributed by atoms with E-state index in [-0.39, 0.29) is 48.6 Å². The Morgan fingerprint density at radius 2 is 1.76 bits per heavy atom. The Balaban J connectivity index is 1.41. The first-order valence-corrected chi connectivity index (χ1v) is 11.2. The van der Waals surface area contributed by atoms with Gasteiger partial charge in [0.2, 0.25) is 17.7 Å². The van der Waals surface area contributed by atoms with Crippen LogP contribution < -0.4 is 5.32 Å². The van der Waals surface area contributed by atoms with Crippen LogP contribution in [0.3, 0.4) is 0 Å². The number of likely N-dealkylation sites (tertiary alicyclic amines) is 1. The predicted octanol–water partition coefficient (Wildman–Crippen LogP) is 3.83. The summed E-state index contributed by atoms with van der Waals surface area (Å²) in [5.74, 6) is -0.641. The summed E-state index contributed by atoms with van der Waals surface area (Å²) in [5.41, 5.74) is 2.18. The molecule has 1 saturated carbocycles. The zero-order chi connectivity index (χ0) is 20.4. The normalized spacial score (nSPS) is 22.4. The SMILES string of the molecule is Cc1ccc([C@@H](NC(=O)CCN2C(=O)[C@H]3CCCC[C@H]3C2=O)c2cccs2)cc1. The van der Waals surface area contributed by atoms with E-state index in [1.165, 1.54) is 4.90 Å². The summed E-state index contributed by atoms with van der Waals surface area (Å²) in [7, 11) is 0. The topological polar surface area (TPSA) is 66.5 Å². The first kappa shape index (κ1) is 19.8. The maximum absolute atomic E-state index is 12.7. The molecule has 3 amide bonds. The van der Waals surface area contributed by atoms with Gasteiger partial charge in [-0.2, -0.15) is 0 Å². The first-order valence-electron chi connectivity index (χ1n) is 10.3. The fraction of sp³-hybridized carbons (Fsp3) is 0.435. The molecule has 1 aromatic carbocycles. The number of nitrogens with one attached hydrogen (secondary N) is 1. The summed E-state index contributed by atoms with van der Waals surface area (Å²) in [6, 6.07) is 11.9. The summed E-state index contributed by atoms with van der Waals surface area (Å²) < 4.78 is 0. The molecule has 1 aliphatic carbocycles. The predicted molar refractivity (Wildman–Crippen MR) is 112 cm³/mol. The molecule has 2 aromatic rings. The van der Waals surface area contributed by atoms with Gasteiger partial charge in [-0.3, -0.25) is 19.3 Å². The smallest absolute Gasteiger partial charge is 0.233 e. The number of fused-ring (bicyclic) bond motifs is 1. The van der Waals surface area contributed by atoms with Crippen molar-refractivity contribution in [2.45, 2.75) is 45.1 Å². The van der Waals surface area contributed by atoms with E-state index in [0.717, 1.165) is 41.7 Å². The summed E-state index contributed by atoms with van der Waals surface area (Å²) in [6.07, 6.45) is 3.74. The number of benzene rings is 1. The zero-order valence-corrected chi connectivity index (χ0v) is 17.4. The van der Waals surface area contributed by atoms with Crippen molar-refractivity contribution in [3.05, 3.63) is 57.8 Å². The lowest BCUT2D eigenvalue weighted by molar-refractivity contribution is -0.140. The summed E-state index contributed by atoms with van der Waals surface area (Å²) in [5, 5.41) is 5.09. The van der Waals surface area contributed by atoms with E-state index in [9.17, 15) is 14.4 Å². The highest BCUT2D eigenvalue weighted by atomic mass is 32.1. The number of hydrogen-bond donors (Lipinski definition) is 1. The van der Waals surface area contributed by atoms with Gasteiger partial charge in [-0.05, 0) is 36.8 Å². The highest BCUT2D eigenvalue weighted by Crippen LogP contribution is 2.38. The van der Waals surface area contributed by atoms with E-state index >= 15 is 0 Å². The molecule has 1 aromatic heterocycles. The fourth-order valence-corrected chi connectivity index (χ4v) is 5.23. The van der Waals surface area contributed by atoms with Gasteiger partial charge in [-0.1, -0.05) is 48.7 Å². The Morgan fingerprint density at radius 3 is 2.34 bits per heavy atom. The molecule has 2 heterocycles. The quantitative estimate of drug-likeness (QED) is 0.736. The number of thiophene rings is 1. The highest BCUT2D eigenvalue weighted by molar-refractivity contribution is 7.10. The molecule has 5 nitrogen and oxygen atoms in total. The van der Waals surface area contributed by atoms with Crippen molar-refractivity contribution >= 4 is 29.1 Å². The molecular formula is C23H26N2O3S. The molecule has 4 rings (SSSR count). The average molecular weight is 411 g/mol. The molecule has 29 heavy (non-hydrogen) atoms. The zero-order valence-electron chi connectivity index (χ0n) is 16.6. The van der Waals surface area contributed by atoms with Crippen molar-refractivity contribution in [2.24, 2.45) is 11.8 Å². The second-order valence-electron chi connectivity index (χ2n) is 8.00. The van der Waals surface area contributed by atoms with Crippen LogP contribution in [0.15, 0.2) is 41.8 Å². The van der Waals surface area contributed by atoms with Crippen LogP contribution in [0.1, 0.15) is 54.1 Å². The van der Waals surface area contributed by atoms with Crippen LogP contribution in [-0.2, 0) is 14.4 Å². The lowest BCUT2D eigenvalue weighted by Crippen LogP contribution is -2.36. The molecule has 0 radical (unpaired) electrons. The lowest BCUT2D eigenvalue weighted by atomic mass is 9.81. The standard InChI is InChI=1S/C23H26N2O3S/c1-15-8-10-16(11-9-15)21(19-7-4-14-29-19)24-20(26)12-13-25-22(27)17-5-2-3-6-18(17)23(25)28/h4,7-11,14,17-18,21H,2-3,5-6,12-13H2,1H3,(H,24,26)/t17-,18+,21-/m1/s1. The highest BCUT2D eigenvalue weighted by Gasteiger charge is 2.47. The van der Waals surface area contributed by atoms with E-state index in [2.05, 4.69) is 5.32 Å². The summed E-state index contributed by atoms with van der Waals surface area (Å²) in [4.78, 5) is 40.3. The van der Waals surface area contributed by atoms with Crippen LogP contribution in [0.2, 0.25) is 0 Å². The number of nitrogens with zero attached hydrogens (tertiary/aromatic N) is 1. The third-order valence-corrected chi connectivity index (χ3v) is 6.98. The van der Waals surface area contributed by atoms with Crippen molar-refractivity contribution in [3.63, 3.8) is 0 Å². The molecule has 1 saturated heterocycles. The number of imide groups is 1. The van der Waals surface area contributed by atoms with E-state index in [0.29, 0.717) is 0 Å². The van der Waals surface area contributed by atoms with Gasteiger partial charge >= 0.3 is 0 Å². The number of aryl methyl sites for hydroxylation is 1. The van der Waals surface area contributed by atoms with E-state index in [1.807, 2.05) is 48.7 Å². The Labute approximate surface area is 175 Å². The Bertz CT molecular complexity index is 867. The van der Waals surface area contributed by atoms with Crippen LogP contribution in [0.25, 0.3) is 0 Å². The van der Waals surface area contributed by atoms with E-state index in [4.69, 9.17) is 0 Å². The Kier molecular flexibility index (Phi) is 5.81. The molecule has 6 heteroatoms. The Morgan fingerprint density at radius 1 is 1.10 bits per heavy atom. The minimum absolute atomic E-state index is 0.0826. The maximum atomic E-state index is 12.7. The van der Waals surface area contributed by atoms with Crippen LogP contribution in [0.4, 0.5) is 0 Å². The molecular weight excluding hydrogens is 384 g/mol. The average Bonchev–Trinajstić information content (AvgIpc) is 3.34. The fourth-order valence-electron chi connectivity index (χ4n) is 4.43. The van der Waals surface area contributed by atoms with Crippen LogP contribution in [0, 0.1) is 18.8 Å². The van der Waals surface area contributed by atoms with Gasteiger partial charge in [-0.25, -0.2) is 0 Å². The van der Waals surface area contributed by atoms with Gasteiger partial charge in [0.25, 0.3) is 0 Å². The largest absolute Gasteiger partial charge is 0.344 e. The monoisotopic (exact) mass is 410 g/mol. The van der Waals surface area contributed by atoms with Crippen molar-refractivity contribution in [1.82, 2.24) is 10.2 Å². The molecule has 2 aliphatic rings. The van der Waals surface area contributed by atoms with Crippen LogP contribution in [-0.4, -0.2) is 29.2 Å².